The molecule has 1 aliphatic rings. The minimum Gasteiger partial charge on any atom is -0.337 e. The number of hydrogen-bond acceptors (Lipinski definition) is 5. The molecule has 0 bridgehead atoms. The second kappa shape index (κ2) is 7.02. The van der Waals surface area contributed by atoms with E-state index in [1.165, 1.54) is 6.07 Å². The van der Waals surface area contributed by atoms with Crippen LogP contribution in [0.3, 0.4) is 0 Å². The van der Waals surface area contributed by atoms with Crippen LogP contribution < -0.4 is 0 Å². The van der Waals surface area contributed by atoms with Crippen molar-refractivity contribution in [1.29, 1.82) is 0 Å². The van der Waals surface area contributed by atoms with E-state index in [4.69, 9.17) is 4.52 Å². The number of hydrogen-bond donors (Lipinski definition) is 0. The number of piperidine rings is 1. The van der Waals surface area contributed by atoms with Gasteiger partial charge in [-0.15, -0.1) is 0 Å². The first-order valence-corrected chi connectivity index (χ1v) is 8.80. The van der Waals surface area contributed by atoms with Gasteiger partial charge in [-0.05, 0) is 38.0 Å². The summed E-state index contributed by atoms with van der Waals surface area (Å²) in [5.41, 5.74) is 1.44. The second-order valence-corrected chi connectivity index (χ2v) is 6.67. The molecule has 4 heterocycles. The highest BCUT2D eigenvalue weighted by Gasteiger charge is 2.28. The number of amides is 1. The maximum Gasteiger partial charge on any atom is 0.272 e. The first-order chi connectivity index (χ1) is 13.0. The Morgan fingerprint density at radius 3 is 2.74 bits per heavy atom. The fourth-order valence-electron chi connectivity index (χ4n) is 3.56. The summed E-state index contributed by atoms with van der Waals surface area (Å²) in [6.45, 7) is 2.68. The van der Waals surface area contributed by atoms with Crippen LogP contribution in [0.5, 0.6) is 0 Å². The van der Waals surface area contributed by atoms with Crippen molar-refractivity contribution in [2.75, 3.05) is 13.1 Å². The quantitative estimate of drug-likeness (QED) is 0.698. The first-order valence-electron chi connectivity index (χ1n) is 8.80. The summed E-state index contributed by atoms with van der Waals surface area (Å²) in [7, 11) is 0. The lowest BCUT2D eigenvalue weighted by Crippen LogP contribution is -2.38. The number of pyridine rings is 2. The van der Waals surface area contributed by atoms with Crippen molar-refractivity contribution in [1.82, 2.24) is 20.0 Å². The third-order valence-electron chi connectivity index (χ3n) is 4.99. The summed E-state index contributed by atoms with van der Waals surface area (Å²) in [5, 5.41) is 4.05. The monoisotopic (exact) mass is 372 g/mol. The van der Waals surface area contributed by atoms with E-state index in [1.54, 1.807) is 36.2 Å². The summed E-state index contributed by atoms with van der Waals surface area (Å²) in [6.07, 6.45) is 0.252. The molecular weight excluding hydrogens is 354 g/mol. The van der Waals surface area contributed by atoms with Crippen LogP contribution in [0.15, 0.2) is 35.0 Å². The largest absolute Gasteiger partial charge is 0.337 e. The van der Waals surface area contributed by atoms with E-state index in [0.29, 0.717) is 43.0 Å². The zero-order valence-corrected chi connectivity index (χ0v) is 14.7. The van der Waals surface area contributed by atoms with Crippen LogP contribution in [0.1, 0.15) is 52.6 Å². The van der Waals surface area contributed by atoms with E-state index in [2.05, 4.69) is 15.1 Å². The molecule has 1 saturated heterocycles. The lowest BCUT2D eigenvalue weighted by atomic mass is 9.91. The van der Waals surface area contributed by atoms with Crippen LogP contribution in [0, 0.1) is 6.92 Å². The van der Waals surface area contributed by atoms with Crippen molar-refractivity contribution in [3.8, 4) is 0 Å². The molecule has 8 heteroatoms. The Morgan fingerprint density at radius 2 is 2.07 bits per heavy atom. The number of carbonyl (C=O) groups is 1. The number of carbonyl (C=O) groups excluding carboxylic acids is 1. The molecule has 0 radical (unpaired) electrons. The Hall–Kier alpha value is -2.90. The molecule has 6 nitrogen and oxygen atoms in total. The number of halogens is 2. The minimum atomic E-state index is -2.63. The van der Waals surface area contributed by atoms with Crippen LogP contribution in [0.2, 0.25) is 0 Å². The SMILES string of the molecule is Cc1noc2nc(C3CCN(C(=O)c4ccccn4)CC3)cc(C(F)F)c12. The average Bonchev–Trinajstić information content (AvgIpc) is 3.08. The van der Waals surface area contributed by atoms with Gasteiger partial charge in [-0.3, -0.25) is 9.78 Å². The van der Waals surface area contributed by atoms with E-state index >= 15 is 0 Å². The Kier molecular flexibility index (Phi) is 4.55. The van der Waals surface area contributed by atoms with Gasteiger partial charge < -0.3 is 9.42 Å². The van der Waals surface area contributed by atoms with Gasteiger partial charge in [0.2, 0.25) is 0 Å². The molecule has 0 spiro atoms. The summed E-state index contributed by atoms with van der Waals surface area (Å²) in [6, 6.07) is 6.68. The topological polar surface area (TPSA) is 72.1 Å². The van der Waals surface area contributed by atoms with Gasteiger partial charge in [0.25, 0.3) is 18.0 Å². The minimum absolute atomic E-state index is 0.00918. The van der Waals surface area contributed by atoms with Gasteiger partial charge in [0.15, 0.2) is 0 Å². The number of likely N-dealkylation sites (tertiary alicyclic amines) is 1. The van der Waals surface area contributed by atoms with Gasteiger partial charge in [0.1, 0.15) is 5.69 Å². The molecule has 0 aliphatic carbocycles. The van der Waals surface area contributed by atoms with Gasteiger partial charge in [-0.2, -0.15) is 0 Å². The highest BCUT2D eigenvalue weighted by molar-refractivity contribution is 5.92. The maximum atomic E-state index is 13.5. The smallest absolute Gasteiger partial charge is 0.272 e. The van der Waals surface area contributed by atoms with Crippen molar-refractivity contribution >= 4 is 17.0 Å². The number of alkyl halides is 2. The molecule has 4 rings (SSSR count). The highest BCUT2D eigenvalue weighted by atomic mass is 19.3. The molecule has 0 aromatic carbocycles. The van der Waals surface area contributed by atoms with Crippen LogP contribution in [-0.2, 0) is 0 Å². The average molecular weight is 372 g/mol. The molecule has 1 aliphatic heterocycles. The third kappa shape index (κ3) is 3.27. The van der Waals surface area contributed by atoms with Crippen LogP contribution >= 0.6 is 0 Å². The fraction of sp³-hybridized carbons (Fsp3) is 0.368. The summed E-state index contributed by atoms with van der Waals surface area (Å²) in [4.78, 5) is 22.7. The van der Waals surface area contributed by atoms with Gasteiger partial charge in [0, 0.05) is 36.5 Å². The Balaban J connectivity index is 1.54. The van der Waals surface area contributed by atoms with Crippen molar-refractivity contribution in [3.63, 3.8) is 0 Å². The van der Waals surface area contributed by atoms with Crippen molar-refractivity contribution in [3.05, 3.63) is 53.1 Å². The van der Waals surface area contributed by atoms with E-state index < -0.39 is 6.43 Å². The van der Waals surface area contributed by atoms with E-state index in [1.807, 2.05) is 0 Å². The molecule has 0 unspecified atom stereocenters. The summed E-state index contributed by atoms with van der Waals surface area (Å²) >= 11 is 0. The molecule has 0 atom stereocenters. The first kappa shape index (κ1) is 17.5. The maximum absolute atomic E-state index is 13.5. The van der Waals surface area contributed by atoms with Crippen molar-refractivity contribution in [2.45, 2.75) is 32.1 Å². The predicted molar refractivity (Wildman–Crippen MR) is 93.6 cm³/mol. The highest BCUT2D eigenvalue weighted by Crippen LogP contribution is 2.34. The summed E-state index contributed by atoms with van der Waals surface area (Å²) in [5.74, 6) is -0.123. The van der Waals surface area contributed by atoms with Crippen LogP contribution in [0.25, 0.3) is 11.1 Å². The predicted octanol–water partition coefficient (Wildman–Crippen LogP) is 3.88. The van der Waals surface area contributed by atoms with Gasteiger partial charge in [-0.25, -0.2) is 13.8 Å². The number of fused-ring (bicyclic) bond motifs is 1. The van der Waals surface area contributed by atoms with E-state index in [-0.39, 0.29) is 28.5 Å². The summed E-state index contributed by atoms with van der Waals surface area (Å²) < 4.78 is 32.1. The zero-order valence-electron chi connectivity index (χ0n) is 14.7. The third-order valence-corrected chi connectivity index (χ3v) is 4.99. The van der Waals surface area contributed by atoms with Crippen LogP contribution in [0.4, 0.5) is 8.78 Å². The van der Waals surface area contributed by atoms with Crippen molar-refractivity contribution < 1.29 is 18.1 Å². The number of rotatable bonds is 3. The lowest BCUT2D eigenvalue weighted by Gasteiger charge is -2.31. The number of nitrogens with zero attached hydrogens (tertiary/aromatic N) is 4. The van der Waals surface area contributed by atoms with Gasteiger partial charge in [-0.1, -0.05) is 11.2 Å². The molecule has 140 valence electrons. The fourth-order valence-corrected chi connectivity index (χ4v) is 3.56. The van der Waals surface area contributed by atoms with Crippen molar-refractivity contribution in [2.24, 2.45) is 0 Å². The number of aryl methyl sites for hydroxylation is 1. The number of aromatic nitrogens is 3. The molecule has 27 heavy (non-hydrogen) atoms. The molecule has 3 aromatic heterocycles. The zero-order chi connectivity index (χ0) is 19.0. The van der Waals surface area contributed by atoms with Gasteiger partial charge >= 0.3 is 0 Å². The van der Waals surface area contributed by atoms with E-state index in [9.17, 15) is 13.6 Å². The lowest BCUT2D eigenvalue weighted by molar-refractivity contribution is 0.0706. The van der Waals surface area contributed by atoms with E-state index in [0.717, 1.165) is 0 Å². The van der Waals surface area contributed by atoms with Crippen LogP contribution in [-0.4, -0.2) is 39.0 Å². The molecule has 0 N–H and O–H groups in total. The normalized spacial score (nSPS) is 15.6. The van der Waals surface area contributed by atoms with Gasteiger partial charge in [0.05, 0.1) is 11.1 Å². The standard InChI is InChI=1S/C19H18F2N4O2/c1-11-16-13(17(20)21)10-15(23-18(16)27-24-11)12-5-8-25(9-6-12)19(26)14-4-2-3-7-22-14/h2-4,7,10,12,17H,5-6,8-9H2,1H3. The molecule has 3 aromatic rings. The Morgan fingerprint density at radius 1 is 1.30 bits per heavy atom. The molecular formula is C19H18F2N4O2. The molecule has 1 amide bonds. The molecule has 1 fully saturated rings. The Labute approximate surface area is 154 Å². The second-order valence-electron chi connectivity index (χ2n) is 6.67. The Bertz CT molecular complexity index is 967. The molecule has 0 saturated carbocycles.